The summed E-state index contributed by atoms with van der Waals surface area (Å²) in [4.78, 5) is 25.1. The summed E-state index contributed by atoms with van der Waals surface area (Å²) in [6, 6.07) is -0.433. The van der Waals surface area contributed by atoms with Gasteiger partial charge in [0.05, 0.1) is 0 Å². The third-order valence-corrected chi connectivity index (χ3v) is 2.43. The van der Waals surface area contributed by atoms with Gasteiger partial charge in [0.15, 0.2) is 0 Å². The molecule has 1 atom stereocenters. The van der Waals surface area contributed by atoms with E-state index in [1.165, 1.54) is 4.90 Å². The van der Waals surface area contributed by atoms with Crippen molar-refractivity contribution in [3.8, 4) is 11.8 Å². The largest absolute Gasteiger partial charge is 0.444 e. The molecular weight excluding hydrogens is 218 g/mol. The summed E-state index contributed by atoms with van der Waals surface area (Å²) in [6.07, 6.45) is 1.07. The lowest BCUT2D eigenvalue weighted by Crippen LogP contribution is -2.43. The van der Waals surface area contributed by atoms with Gasteiger partial charge in [0.2, 0.25) is 5.78 Å². The summed E-state index contributed by atoms with van der Waals surface area (Å²) < 4.78 is 5.27. The standard InChI is InChI=1S/C13H19NO3/c1-5-7-11(15)10-8-6-9-14(10)12(16)17-13(2,3)4/h10H,6,8-9H2,1-4H3/t10-/m0/s1. The quantitative estimate of drug-likeness (QED) is 0.517. The van der Waals surface area contributed by atoms with Crippen LogP contribution in [0.1, 0.15) is 40.5 Å². The third kappa shape index (κ3) is 3.77. The maximum Gasteiger partial charge on any atom is 0.410 e. The molecular formula is C13H19NO3. The zero-order valence-electron chi connectivity index (χ0n) is 10.9. The van der Waals surface area contributed by atoms with E-state index >= 15 is 0 Å². The minimum Gasteiger partial charge on any atom is -0.444 e. The Morgan fingerprint density at radius 2 is 2.00 bits per heavy atom. The van der Waals surface area contributed by atoms with E-state index in [-0.39, 0.29) is 5.78 Å². The van der Waals surface area contributed by atoms with Gasteiger partial charge < -0.3 is 4.74 Å². The Kier molecular flexibility index (Phi) is 4.17. The first-order valence-electron chi connectivity index (χ1n) is 5.81. The molecule has 1 fully saturated rings. The first kappa shape index (κ1) is 13.6. The number of likely N-dealkylation sites (tertiary alicyclic amines) is 1. The van der Waals surface area contributed by atoms with Gasteiger partial charge in [-0.25, -0.2) is 4.79 Å². The Balaban J connectivity index is 2.72. The highest BCUT2D eigenvalue weighted by atomic mass is 16.6. The first-order chi connectivity index (χ1) is 7.85. The molecule has 4 nitrogen and oxygen atoms in total. The van der Waals surface area contributed by atoms with E-state index in [0.717, 1.165) is 6.42 Å². The summed E-state index contributed by atoms with van der Waals surface area (Å²) in [7, 11) is 0. The Morgan fingerprint density at radius 1 is 1.35 bits per heavy atom. The Morgan fingerprint density at radius 3 is 2.53 bits per heavy atom. The second-order valence-corrected chi connectivity index (χ2v) is 5.07. The summed E-state index contributed by atoms with van der Waals surface area (Å²) in [5.74, 6) is 4.87. The highest BCUT2D eigenvalue weighted by Crippen LogP contribution is 2.21. The highest BCUT2D eigenvalue weighted by Gasteiger charge is 2.35. The number of amides is 1. The molecule has 0 radical (unpaired) electrons. The van der Waals surface area contributed by atoms with Crippen LogP contribution in [-0.4, -0.2) is 35.0 Å². The van der Waals surface area contributed by atoms with Gasteiger partial charge >= 0.3 is 6.09 Å². The lowest BCUT2D eigenvalue weighted by Gasteiger charge is -2.27. The number of nitrogens with zero attached hydrogens (tertiary/aromatic N) is 1. The fourth-order valence-electron chi connectivity index (χ4n) is 1.78. The Labute approximate surface area is 102 Å². The lowest BCUT2D eigenvalue weighted by molar-refractivity contribution is -0.117. The lowest BCUT2D eigenvalue weighted by atomic mass is 10.1. The molecule has 1 saturated heterocycles. The van der Waals surface area contributed by atoms with Crippen LogP contribution in [0, 0.1) is 11.8 Å². The van der Waals surface area contributed by atoms with Crippen molar-refractivity contribution in [2.24, 2.45) is 0 Å². The van der Waals surface area contributed by atoms with E-state index in [0.29, 0.717) is 13.0 Å². The first-order valence-corrected chi connectivity index (χ1v) is 5.81. The SMILES string of the molecule is CC#CC(=O)[C@@H]1CCCN1C(=O)OC(C)(C)C. The normalized spacial score (nSPS) is 19.5. The van der Waals surface area contributed by atoms with Crippen molar-refractivity contribution in [3.05, 3.63) is 0 Å². The van der Waals surface area contributed by atoms with Crippen LogP contribution in [0.25, 0.3) is 0 Å². The van der Waals surface area contributed by atoms with Crippen LogP contribution in [0.15, 0.2) is 0 Å². The summed E-state index contributed by atoms with van der Waals surface area (Å²) >= 11 is 0. The second-order valence-electron chi connectivity index (χ2n) is 5.07. The van der Waals surface area contributed by atoms with E-state index < -0.39 is 17.7 Å². The molecule has 0 aromatic heterocycles. The monoisotopic (exact) mass is 237 g/mol. The Hall–Kier alpha value is -1.50. The summed E-state index contributed by atoms with van der Waals surface area (Å²) in [5, 5.41) is 0. The smallest absolute Gasteiger partial charge is 0.410 e. The number of ether oxygens (including phenoxy) is 1. The minimum absolute atomic E-state index is 0.198. The number of Topliss-reactive ketones (excluding diaryl/α,β-unsaturated/α-hetero) is 1. The van der Waals surface area contributed by atoms with Crippen LogP contribution < -0.4 is 0 Å². The molecule has 0 aromatic carbocycles. The molecule has 94 valence electrons. The van der Waals surface area contributed by atoms with E-state index in [4.69, 9.17) is 4.74 Å². The number of carbonyl (C=O) groups is 2. The van der Waals surface area contributed by atoms with Crippen LogP contribution in [0.5, 0.6) is 0 Å². The molecule has 0 unspecified atom stereocenters. The zero-order valence-corrected chi connectivity index (χ0v) is 10.9. The van der Waals surface area contributed by atoms with E-state index in [2.05, 4.69) is 11.8 Å². The molecule has 1 aliphatic rings. The van der Waals surface area contributed by atoms with E-state index in [9.17, 15) is 9.59 Å². The van der Waals surface area contributed by atoms with Gasteiger partial charge in [-0.1, -0.05) is 5.92 Å². The van der Waals surface area contributed by atoms with Crippen LogP contribution >= 0.6 is 0 Å². The zero-order chi connectivity index (χ0) is 13.1. The average molecular weight is 237 g/mol. The summed E-state index contributed by atoms with van der Waals surface area (Å²) in [6.45, 7) is 7.61. The van der Waals surface area contributed by atoms with Crippen molar-refractivity contribution in [1.82, 2.24) is 4.90 Å². The van der Waals surface area contributed by atoms with Crippen LogP contribution in [0.4, 0.5) is 4.79 Å². The van der Waals surface area contributed by atoms with Crippen LogP contribution in [-0.2, 0) is 9.53 Å². The molecule has 4 heteroatoms. The molecule has 0 saturated carbocycles. The van der Waals surface area contributed by atoms with Gasteiger partial charge in [0, 0.05) is 6.54 Å². The van der Waals surface area contributed by atoms with Gasteiger partial charge in [0.1, 0.15) is 11.6 Å². The molecule has 0 aromatic rings. The van der Waals surface area contributed by atoms with Crippen molar-refractivity contribution in [2.75, 3.05) is 6.54 Å². The van der Waals surface area contributed by atoms with E-state index in [1.807, 2.05) is 20.8 Å². The predicted octanol–water partition coefficient (Wildman–Crippen LogP) is 1.98. The number of rotatable bonds is 1. The van der Waals surface area contributed by atoms with Gasteiger partial charge in [-0.3, -0.25) is 9.69 Å². The van der Waals surface area contributed by atoms with E-state index in [1.54, 1.807) is 6.92 Å². The molecule has 0 bridgehead atoms. The van der Waals surface area contributed by atoms with Crippen molar-refractivity contribution in [3.63, 3.8) is 0 Å². The molecule has 1 heterocycles. The van der Waals surface area contributed by atoms with Gasteiger partial charge in [-0.05, 0) is 46.5 Å². The van der Waals surface area contributed by atoms with Crippen LogP contribution in [0.3, 0.4) is 0 Å². The average Bonchev–Trinajstić information content (AvgIpc) is 2.63. The minimum atomic E-state index is -0.538. The molecule has 1 amide bonds. The van der Waals surface area contributed by atoms with Crippen molar-refractivity contribution in [2.45, 2.75) is 52.2 Å². The molecule has 0 aliphatic carbocycles. The molecule has 17 heavy (non-hydrogen) atoms. The maximum atomic E-state index is 11.9. The van der Waals surface area contributed by atoms with Crippen LogP contribution in [0.2, 0.25) is 0 Å². The fraction of sp³-hybridized carbons (Fsp3) is 0.692. The second kappa shape index (κ2) is 5.22. The highest BCUT2D eigenvalue weighted by molar-refractivity contribution is 6.01. The topological polar surface area (TPSA) is 46.6 Å². The molecule has 0 N–H and O–H groups in total. The molecule has 1 aliphatic heterocycles. The summed E-state index contributed by atoms with van der Waals surface area (Å²) in [5.41, 5.74) is -0.538. The molecule has 0 spiro atoms. The number of ketones is 1. The number of hydrogen-bond acceptors (Lipinski definition) is 3. The maximum absolute atomic E-state index is 11.9. The predicted molar refractivity (Wildman–Crippen MR) is 64.4 cm³/mol. The third-order valence-electron chi connectivity index (χ3n) is 2.43. The van der Waals surface area contributed by atoms with Gasteiger partial charge in [-0.15, -0.1) is 0 Å². The molecule has 1 rings (SSSR count). The fourth-order valence-corrected chi connectivity index (χ4v) is 1.78. The Bertz CT molecular complexity index is 370. The van der Waals surface area contributed by atoms with Crippen molar-refractivity contribution in [1.29, 1.82) is 0 Å². The van der Waals surface area contributed by atoms with Gasteiger partial charge in [-0.2, -0.15) is 0 Å². The van der Waals surface area contributed by atoms with Crippen molar-refractivity contribution < 1.29 is 14.3 Å². The number of hydrogen-bond donors (Lipinski definition) is 0. The van der Waals surface area contributed by atoms with Gasteiger partial charge in [0.25, 0.3) is 0 Å². The van der Waals surface area contributed by atoms with Crippen molar-refractivity contribution >= 4 is 11.9 Å². The number of carbonyl (C=O) groups excluding carboxylic acids is 2.